The van der Waals surface area contributed by atoms with E-state index in [9.17, 15) is 4.79 Å². The van der Waals surface area contributed by atoms with Gasteiger partial charge in [-0.25, -0.2) is 0 Å². The number of carbonyl (C=O) groups is 1. The number of aromatic nitrogens is 1. The Kier molecular flexibility index (Phi) is 2.63. The van der Waals surface area contributed by atoms with Crippen molar-refractivity contribution in [2.24, 2.45) is 0 Å². The molecule has 0 spiro atoms. The average molecular weight is 290 g/mol. The molecule has 0 aliphatic carbocycles. The van der Waals surface area contributed by atoms with Gasteiger partial charge in [0.25, 0.3) is 0 Å². The molecule has 0 radical (unpaired) electrons. The second-order valence-corrected chi connectivity index (χ2v) is 5.15. The maximum Gasteiger partial charge on any atom is 0.166 e. The second kappa shape index (κ2) is 4.15. The lowest BCUT2D eigenvalue weighted by Gasteiger charge is -2.08. The number of nitrogens with zero attached hydrogens (tertiary/aromatic N) is 1. The molecule has 0 amide bonds. The molecule has 1 aliphatic rings. The van der Waals surface area contributed by atoms with Crippen LogP contribution in [0.5, 0.6) is 0 Å². The van der Waals surface area contributed by atoms with Crippen LogP contribution in [0.25, 0.3) is 11.3 Å². The van der Waals surface area contributed by atoms with Gasteiger partial charge in [0.1, 0.15) is 0 Å². The first kappa shape index (κ1) is 10.8. The lowest BCUT2D eigenvalue weighted by Crippen LogP contribution is -2.02. The summed E-state index contributed by atoms with van der Waals surface area (Å²) in [6.45, 7) is 0.906. The molecular weight excluding hydrogens is 278 g/mol. The van der Waals surface area contributed by atoms with Crippen molar-refractivity contribution in [3.8, 4) is 11.3 Å². The summed E-state index contributed by atoms with van der Waals surface area (Å²) in [5.41, 5.74) is 4.50. The van der Waals surface area contributed by atoms with Crippen LogP contribution in [0.4, 0.5) is 0 Å². The Hall–Kier alpha value is -1.35. The van der Waals surface area contributed by atoms with Crippen molar-refractivity contribution in [1.29, 1.82) is 0 Å². The number of aldehydes is 1. The van der Waals surface area contributed by atoms with E-state index in [2.05, 4.69) is 44.8 Å². The minimum atomic E-state index is 0.753. The van der Waals surface area contributed by atoms with Gasteiger partial charge in [-0.3, -0.25) is 4.79 Å². The minimum Gasteiger partial charge on any atom is -0.337 e. The summed E-state index contributed by atoms with van der Waals surface area (Å²) in [5, 5.41) is 0. The standard InChI is InChI=1S/C14H12BrNO/c15-13-8-11(9-17)16-7-3-5-10-4-1-2-6-12(10)14(13)16/h1-2,4,6,8-9H,3,5,7H2. The zero-order valence-corrected chi connectivity index (χ0v) is 10.9. The Bertz CT molecular complexity index is 586. The van der Waals surface area contributed by atoms with Crippen molar-refractivity contribution in [3.05, 3.63) is 46.1 Å². The second-order valence-electron chi connectivity index (χ2n) is 4.30. The Balaban J connectivity index is 2.32. The first-order valence-corrected chi connectivity index (χ1v) is 6.53. The van der Waals surface area contributed by atoms with Crippen LogP contribution in [0.3, 0.4) is 0 Å². The van der Waals surface area contributed by atoms with Crippen molar-refractivity contribution >= 4 is 22.2 Å². The molecular formula is C14H12BrNO. The monoisotopic (exact) mass is 289 g/mol. The minimum absolute atomic E-state index is 0.753. The van der Waals surface area contributed by atoms with E-state index in [1.165, 1.54) is 11.1 Å². The summed E-state index contributed by atoms with van der Waals surface area (Å²) >= 11 is 3.57. The molecule has 0 N–H and O–H groups in total. The predicted molar refractivity (Wildman–Crippen MR) is 71.3 cm³/mol. The number of hydrogen-bond donors (Lipinski definition) is 0. The molecule has 0 bridgehead atoms. The van der Waals surface area contributed by atoms with Crippen molar-refractivity contribution in [2.75, 3.05) is 0 Å². The topological polar surface area (TPSA) is 22.0 Å². The molecule has 17 heavy (non-hydrogen) atoms. The van der Waals surface area contributed by atoms with Gasteiger partial charge in [0.05, 0.1) is 11.4 Å². The van der Waals surface area contributed by atoms with Crippen molar-refractivity contribution < 1.29 is 4.79 Å². The fourth-order valence-electron chi connectivity index (χ4n) is 2.54. The summed E-state index contributed by atoms with van der Waals surface area (Å²) in [6, 6.07) is 10.3. The van der Waals surface area contributed by atoms with Crippen molar-refractivity contribution in [1.82, 2.24) is 4.57 Å². The van der Waals surface area contributed by atoms with Gasteiger partial charge >= 0.3 is 0 Å². The molecule has 2 aromatic rings. The molecule has 3 heteroatoms. The van der Waals surface area contributed by atoms with Gasteiger partial charge in [-0.15, -0.1) is 0 Å². The number of aryl methyl sites for hydroxylation is 1. The summed E-state index contributed by atoms with van der Waals surface area (Å²) < 4.78 is 3.12. The predicted octanol–water partition coefficient (Wildman–Crippen LogP) is 3.68. The fourth-order valence-corrected chi connectivity index (χ4v) is 3.21. The van der Waals surface area contributed by atoms with E-state index < -0.39 is 0 Å². The van der Waals surface area contributed by atoms with Crippen LogP contribution < -0.4 is 0 Å². The lowest BCUT2D eigenvalue weighted by molar-refractivity contribution is 0.111. The van der Waals surface area contributed by atoms with Crippen LogP contribution >= 0.6 is 15.9 Å². The van der Waals surface area contributed by atoms with Crippen LogP contribution in [-0.4, -0.2) is 10.9 Å². The van der Waals surface area contributed by atoms with Gasteiger partial charge in [0.2, 0.25) is 0 Å². The quantitative estimate of drug-likeness (QED) is 0.734. The summed E-state index contributed by atoms with van der Waals surface area (Å²) in [7, 11) is 0. The molecule has 86 valence electrons. The Morgan fingerprint density at radius 2 is 2.12 bits per heavy atom. The van der Waals surface area contributed by atoms with Gasteiger partial charge in [-0.05, 0) is 40.4 Å². The maximum absolute atomic E-state index is 11.1. The van der Waals surface area contributed by atoms with Crippen LogP contribution in [0.1, 0.15) is 22.5 Å². The number of halogens is 1. The molecule has 0 saturated heterocycles. The molecule has 0 saturated carbocycles. The van der Waals surface area contributed by atoms with Crippen LogP contribution in [0, 0.1) is 0 Å². The number of hydrogen-bond acceptors (Lipinski definition) is 1. The van der Waals surface area contributed by atoms with Crippen LogP contribution in [0.15, 0.2) is 34.8 Å². The highest BCUT2D eigenvalue weighted by atomic mass is 79.9. The third-order valence-corrected chi connectivity index (χ3v) is 3.91. The van der Waals surface area contributed by atoms with Crippen LogP contribution in [-0.2, 0) is 13.0 Å². The van der Waals surface area contributed by atoms with Gasteiger partial charge in [0, 0.05) is 16.6 Å². The number of benzene rings is 1. The molecule has 1 aromatic heterocycles. The fraction of sp³-hybridized carbons (Fsp3) is 0.214. The molecule has 0 unspecified atom stereocenters. The molecule has 1 aliphatic heterocycles. The van der Waals surface area contributed by atoms with E-state index in [-0.39, 0.29) is 0 Å². The van der Waals surface area contributed by atoms with Gasteiger partial charge in [-0.2, -0.15) is 0 Å². The highest BCUT2D eigenvalue weighted by molar-refractivity contribution is 9.10. The first-order valence-electron chi connectivity index (χ1n) is 5.74. The maximum atomic E-state index is 11.1. The van der Waals surface area contributed by atoms with E-state index in [1.54, 1.807) is 0 Å². The number of fused-ring (bicyclic) bond motifs is 3. The number of carbonyl (C=O) groups excluding carboxylic acids is 1. The van der Waals surface area contributed by atoms with Crippen molar-refractivity contribution in [3.63, 3.8) is 0 Å². The zero-order valence-electron chi connectivity index (χ0n) is 9.32. The molecule has 1 aromatic carbocycles. The van der Waals surface area contributed by atoms with E-state index in [0.717, 1.165) is 41.5 Å². The van der Waals surface area contributed by atoms with Gasteiger partial charge in [0.15, 0.2) is 6.29 Å². The van der Waals surface area contributed by atoms with Gasteiger partial charge < -0.3 is 4.57 Å². The summed E-state index contributed by atoms with van der Waals surface area (Å²) in [5.74, 6) is 0. The zero-order chi connectivity index (χ0) is 11.8. The third-order valence-electron chi connectivity index (χ3n) is 3.30. The van der Waals surface area contributed by atoms with E-state index in [4.69, 9.17) is 0 Å². The lowest BCUT2D eigenvalue weighted by atomic mass is 10.0. The SMILES string of the molecule is O=Cc1cc(Br)c2n1CCCc1ccccc1-2. The molecule has 3 rings (SSSR count). The largest absolute Gasteiger partial charge is 0.337 e. The normalized spacial score (nSPS) is 13.7. The summed E-state index contributed by atoms with van der Waals surface area (Å²) in [4.78, 5) is 11.1. The summed E-state index contributed by atoms with van der Waals surface area (Å²) in [6.07, 6.45) is 3.08. The Labute approximate surface area is 108 Å². The van der Waals surface area contributed by atoms with E-state index in [1.807, 2.05) is 6.07 Å². The van der Waals surface area contributed by atoms with Gasteiger partial charge in [-0.1, -0.05) is 24.3 Å². The van der Waals surface area contributed by atoms with E-state index >= 15 is 0 Å². The Morgan fingerprint density at radius 1 is 1.29 bits per heavy atom. The molecule has 2 nitrogen and oxygen atoms in total. The smallest absolute Gasteiger partial charge is 0.166 e. The van der Waals surface area contributed by atoms with Crippen LogP contribution in [0.2, 0.25) is 0 Å². The first-order chi connectivity index (χ1) is 8.31. The third kappa shape index (κ3) is 1.65. The number of rotatable bonds is 1. The van der Waals surface area contributed by atoms with E-state index in [0.29, 0.717) is 0 Å². The highest BCUT2D eigenvalue weighted by Crippen LogP contribution is 2.36. The highest BCUT2D eigenvalue weighted by Gasteiger charge is 2.19. The molecule has 2 heterocycles. The van der Waals surface area contributed by atoms with Crippen molar-refractivity contribution in [2.45, 2.75) is 19.4 Å². The Morgan fingerprint density at radius 3 is 2.94 bits per heavy atom. The average Bonchev–Trinajstić information content (AvgIpc) is 2.56. The molecule has 0 fully saturated rings. The molecule has 0 atom stereocenters.